The average molecular weight is 682 g/mol. The van der Waals surface area contributed by atoms with E-state index in [9.17, 15) is 23.1 Å². The standard InChI is InChI=1S/C34H37ClFN5O5S/c1-8-19(5)30(28(37-6)18(3)4)41-33-22(13-23(35)29(38-33)27-24(36)11-10-12-25(27)42)31(32(34(41)44)47(7,45)46)40-16-20-14-39(26(43)9-2)15-21(20)17-40/h8-13,18,20-21,42H,1-2,14-17H2,3-7H3/b30-19+,37-28-/t20-,21+. The molecule has 5 rings (SSSR count). The minimum atomic E-state index is -4.19. The van der Waals surface area contributed by atoms with Crippen LogP contribution in [-0.2, 0) is 14.6 Å². The summed E-state index contributed by atoms with van der Waals surface area (Å²) in [4.78, 5) is 39.4. The van der Waals surface area contributed by atoms with E-state index in [0.29, 0.717) is 37.5 Å². The number of aromatic nitrogens is 2. The third kappa shape index (κ3) is 5.89. The lowest BCUT2D eigenvalue weighted by Gasteiger charge is -2.28. The predicted octanol–water partition coefficient (Wildman–Crippen LogP) is 5.19. The third-order valence-electron chi connectivity index (χ3n) is 8.86. The lowest BCUT2D eigenvalue weighted by molar-refractivity contribution is -0.125. The average Bonchev–Trinajstić information content (AvgIpc) is 3.58. The van der Waals surface area contributed by atoms with Gasteiger partial charge in [-0.05, 0) is 42.7 Å². The number of allylic oxidation sites excluding steroid dienone is 3. The number of hydrogen-bond acceptors (Lipinski definition) is 8. The zero-order valence-corrected chi connectivity index (χ0v) is 28.5. The summed E-state index contributed by atoms with van der Waals surface area (Å²) in [5.74, 6) is -1.56. The van der Waals surface area contributed by atoms with Crippen molar-refractivity contribution in [2.45, 2.75) is 25.7 Å². The monoisotopic (exact) mass is 681 g/mol. The lowest BCUT2D eigenvalue weighted by Crippen LogP contribution is -2.36. The highest BCUT2D eigenvalue weighted by atomic mass is 35.5. The molecule has 4 heterocycles. The Bertz CT molecular complexity index is 2040. The normalized spacial score (nSPS) is 18.9. The van der Waals surface area contributed by atoms with Gasteiger partial charge in [0.05, 0.1) is 33.4 Å². The molecule has 0 radical (unpaired) electrons. The minimum absolute atomic E-state index is 0.00188. The van der Waals surface area contributed by atoms with Gasteiger partial charge in [-0.1, -0.05) is 50.7 Å². The minimum Gasteiger partial charge on any atom is -0.507 e. The Hall–Kier alpha value is -4.29. The number of benzene rings is 1. The maximum atomic E-state index is 15.2. The van der Waals surface area contributed by atoms with Gasteiger partial charge in [-0.2, -0.15) is 0 Å². The molecule has 1 aromatic carbocycles. The number of aliphatic imine (C=N–C) groups is 1. The number of halogens is 2. The summed E-state index contributed by atoms with van der Waals surface area (Å²) >= 11 is 6.79. The van der Waals surface area contributed by atoms with Crippen LogP contribution < -0.4 is 10.5 Å². The number of hydrogen-bond donors (Lipinski definition) is 1. The fourth-order valence-electron chi connectivity index (χ4n) is 6.74. The zero-order chi connectivity index (χ0) is 34.5. The third-order valence-corrected chi connectivity index (χ3v) is 10.3. The summed E-state index contributed by atoms with van der Waals surface area (Å²) in [6, 6.07) is 5.25. The first-order valence-electron chi connectivity index (χ1n) is 15.1. The second kappa shape index (κ2) is 12.7. The van der Waals surface area contributed by atoms with Crippen LogP contribution in [0.25, 0.3) is 28.0 Å². The van der Waals surface area contributed by atoms with Crippen LogP contribution in [0.2, 0.25) is 5.02 Å². The number of fused-ring (bicyclic) bond motifs is 2. The molecule has 13 heteroatoms. The van der Waals surface area contributed by atoms with Crippen LogP contribution in [0.5, 0.6) is 5.75 Å². The Kier molecular flexibility index (Phi) is 9.22. The molecule has 3 aromatic rings. The molecule has 47 heavy (non-hydrogen) atoms. The topological polar surface area (TPSA) is 125 Å². The van der Waals surface area contributed by atoms with Crippen LogP contribution in [0.4, 0.5) is 10.1 Å². The van der Waals surface area contributed by atoms with Crippen molar-refractivity contribution in [3.63, 3.8) is 0 Å². The fourth-order valence-corrected chi connectivity index (χ4v) is 7.98. The summed E-state index contributed by atoms with van der Waals surface area (Å²) in [6.45, 7) is 14.6. The van der Waals surface area contributed by atoms with Gasteiger partial charge in [-0.3, -0.25) is 19.1 Å². The van der Waals surface area contributed by atoms with Crippen molar-refractivity contribution >= 4 is 55.5 Å². The number of carbonyl (C=O) groups excluding carboxylic acids is 1. The van der Waals surface area contributed by atoms with E-state index in [1.54, 1.807) is 18.9 Å². The molecule has 1 amide bonds. The molecule has 1 N–H and O–H groups in total. The van der Waals surface area contributed by atoms with Gasteiger partial charge in [0.15, 0.2) is 14.7 Å². The van der Waals surface area contributed by atoms with Gasteiger partial charge < -0.3 is 14.9 Å². The highest BCUT2D eigenvalue weighted by molar-refractivity contribution is 7.90. The van der Waals surface area contributed by atoms with Gasteiger partial charge >= 0.3 is 0 Å². The molecule has 2 aromatic heterocycles. The van der Waals surface area contributed by atoms with Crippen LogP contribution in [0.15, 0.2) is 69.8 Å². The summed E-state index contributed by atoms with van der Waals surface area (Å²) in [5.41, 5.74) is 0.136. The number of aromatic hydroxyl groups is 1. The van der Waals surface area contributed by atoms with E-state index in [1.807, 2.05) is 18.7 Å². The van der Waals surface area contributed by atoms with E-state index < -0.39 is 31.9 Å². The first-order chi connectivity index (χ1) is 22.1. The number of amides is 1. The van der Waals surface area contributed by atoms with Gasteiger partial charge in [0.1, 0.15) is 17.2 Å². The van der Waals surface area contributed by atoms with Gasteiger partial charge in [0.25, 0.3) is 5.56 Å². The molecule has 248 valence electrons. The summed E-state index contributed by atoms with van der Waals surface area (Å²) in [5, 5.41) is 10.9. The largest absolute Gasteiger partial charge is 0.507 e. The number of carbonyl (C=O) groups is 1. The lowest BCUT2D eigenvalue weighted by atomic mass is 10.00. The number of likely N-dealkylation sites (tertiary alicyclic amines) is 1. The Balaban J connectivity index is 1.92. The van der Waals surface area contributed by atoms with Crippen molar-refractivity contribution in [1.82, 2.24) is 14.5 Å². The summed E-state index contributed by atoms with van der Waals surface area (Å²) in [7, 11) is -2.62. The zero-order valence-electron chi connectivity index (χ0n) is 26.9. The number of anilines is 1. The van der Waals surface area contributed by atoms with Gasteiger partial charge in [0.2, 0.25) is 5.91 Å². The first kappa shape index (κ1) is 34.1. The van der Waals surface area contributed by atoms with Crippen molar-refractivity contribution in [2.24, 2.45) is 22.7 Å². The van der Waals surface area contributed by atoms with Crippen LogP contribution >= 0.6 is 11.6 Å². The Morgan fingerprint density at radius 1 is 1.17 bits per heavy atom. The molecular formula is C34H37ClFN5O5S. The van der Waals surface area contributed by atoms with Crippen molar-refractivity contribution < 1.29 is 22.7 Å². The van der Waals surface area contributed by atoms with Gasteiger partial charge in [-0.25, -0.2) is 17.8 Å². The molecule has 2 aliphatic rings. The van der Waals surface area contributed by atoms with Crippen molar-refractivity contribution in [1.29, 1.82) is 0 Å². The molecule has 2 atom stereocenters. The van der Waals surface area contributed by atoms with Crippen molar-refractivity contribution in [3.8, 4) is 17.0 Å². The Morgan fingerprint density at radius 3 is 2.32 bits per heavy atom. The maximum Gasteiger partial charge on any atom is 0.277 e. The molecule has 2 saturated heterocycles. The molecule has 2 aliphatic heterocycles. The molecule has 10 nitrogen and oxygen atoms in total. The van der Waals surface area contributed by atoms with E-state index in [-0.39, 0.29) is 62.4 Å². The van der Waals surface area contributed by atoms with Gasteiger partial charge in [-0.15, -0.1) is 0 Å². The molecule has 0 aliphatic carbocycles. The van der Waals surface area contributed by atoms with Crippen LogP contribution in [-0.4, -0.2) is 79.1 Å². The Labute approximate surface area is 278 Å². The Morgan fingerprint density at radius 2 is 1.81 bits per heavy atom. The number of pyridine rings is 2. The highest BCUT2D eigenvalue weighted by Crippen LogP contribution is 2.43. The highest BCUT2D eigenvalue weighted by Gasteiger charge is 2.43. The number of nitrogens with zero attached hydrogens (tertiary/aromatic N) is 5. The summed E-state index contributed by atoms with van der Waals surface area (Å²) < 4.78 is 43.7. The van der Waals surface area contributed by atoms with E-state index in [4.69, 9.17) is 16.6 Å². The smallest absolute Gasteiger partial charge is 0.277 e. The predicted molar refractivity (Wildman–Crippen MR) is 184 cm³/mol. The van der Waals surface area contributed by atoms with E-state index >= 15 is 4.39 Å². The molecule has 0 spiro atoms. The SMILES string of the molecule is C=CC(=O)N1C[C@@H]2CN(c3c(S(C)(=O)=O)c(=O)n(C(/C(=N\C)C(C)C)=C(\C)C=C)c4nc(-c5c(O)cccc5F)c(Cl)cc34)C[C@@H]2C1. The molecule has 2 fully saturated rings. The molecular weight excluding hydrogens is 645 g/mol. The molecule has 0 saturated carbocycles. The van der Waals surface area contributed by atoms with E-state index in [2.05, 4.69) is 18.2 Å². The van der Waals surface area contributed by atoms with E-state index in [0.717, 1.165) is 12.3 Å². The van der Waals surface area contributed by atoms with Crippen LogP contribution in [0, 0.1) is 23.6 Å². The first-order valence-corrected chi connectivity index (χ1v) is 17.4. The quantitative estimate of drug-likeness (QED) is 0.197. The number of phenolic OH excluding ortho intramolecular Hbond substituents is 1. The second-order valence-electron chi connectivity index (χ2n) is 12.3. The van der Waals surface area contributed by atoms with Crippen LogP contribution in [0.1, 0.15) is 20.8 Å². The van der Waals surface area contributed by atoms with Crippen molar-refractivity contribution in [2.75, 3.05) is 44.4 Å². The number of sulfone groups is 1. The summed E-state index contributed by atoms with van der Waals surface area (Å²) in [6.07, 6.45) is 3.78. The van der Waals surface area contributed by atoms with Gasteiger partial charge in [0, 0.05) is 56.7 Å². The van der Waals surface area contributed by atoms with Crippen LogP contribution in [0.3, 0.4) is 0 Å². The fraction of sp³-hybridized carbons (Fsp3) is 0.353. The van der Waals surface area contributed by atoms with Crippen molar-refractivity contribution in [3.05, 3.63) is 76.3 Å². The van der Waals surface area contributed by atoms with E-state index in [1.165, 1.54) is 34.9 Å². The number of phenols is 1. The molecule has 0 bridgehead atoms. The molecule has 0 unspecified atom stereocenters. The maximum absolute atomic E-state index is 15.2. The number of rotatable bonds is 8. The second-order valence-corrected chi connectivity index (χ2v) is 14.6.